The van der Waals surface area contributed by atoms with Crippen molar-refractivity contribution < 1.29 is 4.39 Å². The Labute approximate surface area is 141 Å². The molecule has 7 heteroatoms. The van der Waals surface area contributed by atoms with Gasteiger partial charge >= 0.3 is 0 Å². The van der Waals surface area contributed by atoms with Gasteiger partial charge in [0, 0.05) is 31.7 Å². The van der Waals surface area contributed by atoms with Crippen LogP contribution in [0.25, 0.3) is 0 Å². The van der Waals surface area contributed by atoms with Gasteiger partial charge in [0.25, 0.3) is 0 Å². The van der Waals surface area contributed by atoms with Gasteiger partial charge in [-0.25, -0.2) is 4.39 Å². The van der Waals surface area contributed by atoms with Crippen molar-refractivity contribution in [3.63, 3.8) is 0 Å². The van der Waals surface area contributed by atoms with Gasteiger partial charge in [-0.1, -0.05) is 18.2 Å². The summed E-state index contributed by atoms with van der Waals surface area (Å²) in [7, 11) is 3.72. The van der Waals surface area contributed by atoms with E-state index in [2.05, 4.69) is 19.9 Å². The molecule has 0 amide bonds. The molecule has 1 fully saturated rings. The Bertz CT molecular complexity index is 716. The molecule has 3 rings (SSSR count). The monoisotopic (exact) mass is 330 g/mol. The first-order valence-electron chi connectivity index (χ1n) is 8.13. The van der Waals surface area contributed by atoms with Gasteiger partial charge < -0.3 is 10.6 Å². The minimum Gasteiger partial charge on any atom is -0.368 e. The van der Waals surface area contributed by atoms with Crippen LogP contribution in [0.4, 0.5) is 16.3 Å². The Kier molecular flexibility index (Phi) is 4.62. The van der Waals surface area contributed by atoms with Gasteiger partial charge in [-0.05, 0) is 25.8 Å². The second-order valence-corrected chi connectivity index (χ2v) is 6.41. The summed E-state index contributed by atoms with van der Waals surface area (Å²) < 4.78 is 14.2. The van der Waals surface area contributed by atoms with E-state index in [9.17, 15) is 4.39 Å². The summed E-state index contributed by atoms with van der Waals surface area (Å²) in [6, 6.07) is 7.29. The molecule has 0 aliphatic heterocycles. The van der Waals surface area contributed by atoms with Crippen LogP contribution in [0.3, 0.4) is 0 Å². The van der Waals surface area contributed by atoms with E-state index < -0.39 is 0 Å². The molecule has 1 atom stereocenters. The van der Waals surface area contributed by atoms with Crippen molar-refractivity contribution in [2.75, 3.05) is 24.7 Å². The van der Waals surface area contributed by atoms with Gasteiger partial charge in [0.15, 0.2) is 0 Å². The Morgan fingerprint density at radius 2 is 1.92 bits per heavy atom. The highest BCUT2D eigenvalue weighted by molar-refractivity contribution is 5.32. The maximum Gasteiger partial charge on any atom is 0.229 e. The second-order valence-electron chi connectivity index (χ2n) is 6.41. The second kappa shape index (κ2) is 6.68. The summed E-state index contributed by atoms with van der Waals surface area (Å²) in [6.07, 6.45) is 2.22. The molecule has 1 aromatic heterocycles. The van der Waals surface area contributed by atoms with Gasteiger partial charge in [-0.2, -0.15) is 15.0 Å². The number of benzene rings is 1. The molecule has 0 bridgehead atoms. The summed E-state index contributed by atoms with van der Waals surface area (Å²) in [4.78, 5) is 16.9. The van der Waals surface area contributed by atoms with E-state index in [4.69, 9.17) is 5.73 Å². The molecule has 2 aromatic rings. The number of anilines is 2. The predicted octanol–water partition coefficient (Wildman–Crippen LogP) is 2.38. The average Bonchev–Trinajstić information content (AvgIpc) is 3.36. The average molecular weight is 330 g/mol. The number of hydrogen-bond donors (Lipinski definition) is 1. The highest BCUT2D eigenvalue weighted by atomic mass is 19.1. The first kappa shape index (κ1) is 16.6. The lowest BCUT2D eigenvalue weighted by Gasteiger charge is -2.29. The SMILES string of the molecule is C[C@H](c1ccccc1F)N(Cc1nc(N)nc(N(C)C)n1)C1CC1. The van der Waals surface area contributed by atoms with E-state index in [0.29, 0.717) is 29.9 Å². The van der Waals surface area contributed by atoms with Crippen LogP contribution in [0.15, 0.2) is 24.3 Å². The Balaban J connectivity index is 1.86. The molecule has 1 heterocycles. The van der Waals surface area contributed by atoms with Crippen molar-refractivity contribution in [2.45, 2.75) is 38.4 Å². The van der Waals surface area contributed by atoms with Crippen LogP contribution in [-0.2, 0) is 6.54 Å². The van der Waals surface area contributed by atoms with Crippen molar-refractivity contribution in [1.29, 1.82) is 0 Å². The lowest BCUT2D eigenvalue weighted by Crippen LogP contribution is -2.30. The van der Waals surface area contributed by atoms with Crippen LogP contribution < -0.4 is 10.6 Å². The molecule has 128 valence electrons. The van der Waals surface area contributed by atoms with Gasteiger partial charge in [-0.15, -0.1) is 0 Å². The summed E-state index contributed by atoms with van der Waals surface area (Å²) in [6.45, 7) is 2.54. The number of nitrogens with zero attached hydrogens (tertiary/aromatic N) is 5. The lowest BCUT2D eigenvalue weighted by molar-refractivity contribution is 0.182. The molecule has 1 aliphatic rings. The zero-order chi connectivity index (χ0) is 17.3. The van der Waals surface area contributed by atoms with Crippen LogP contribution in [0.1, 0.15) is 37.2 Å². The molecular formula is C17H23FN6. The summed E-state index contributed by atoms with van der Waals surface area (Å²) in [5.41, 5.74) is 6.50. The van der Waals surface area contributed by atoms with Crippen LogP contribution in [-0.4, -0.2) is 40.0 Å². The molecule has 0 saturated heterocycles. The molecule has 0 unspecified atom stereocenters. The van der Waals surface area contributed by atoms with Crippen molar-refractivity contribution in [3.05, 3.63) is 41.5 Å². The molecule has 24 heavy (non-hydrogen) atoms. The quantitative estimate of drug-likeness (QED) is 0.877. The van der Waals surface area contributed by atoms with Crippen molar-refractivity contribution in [2.24, 2.45) is 0 Å². The highest BCUT2D eigenvalue weighted by Gasteiger charge is 2.34. The molecule has 1 saturated carbocycles. The van der Waals surface area contributed by atoms with E-state index in [-0.39, 0.29) is 17.8 Å². The fraction of sp³-hybridized carbons (Fsp3) is 0.471. The highest BCUT2D eigenvalue weighted by Crippen LogP contribution is 2.36. The summed E-state index contributed by atoms with van der Waals surface area (Å²) in [5.74, 6) is 1.17. The predicted molar refractivity (Wildman–Crippen MR) is 91.9 cm³/mol. The standard InChI is InChI=1S/C17H23FN6/c1-11(13-6-4-5-7-14(13)18)24(12-8-9-12)10-15-20-16(19)22-17(21-15)23(2)3/h4-7,11-12H,8-10H2,1-3H3,(H2,19,20,21,22)/t11-/m1/s1. The van der Waals surface area contributed by atoms with Gasteiger partial charge in [0.2, 0.25) is 11.9 Å². The zero-order valence-corrected chi connectivity index (χ0v) is 14.3. The molecule has 1 aromatic carbocycles. The van der Waals surface area contributed by atoms with E-state index in [1.807, 2.05) is 33.2 Å². The van der Waals surface area contributed by atoms with Crippen LogP contribution >= 0.6 is 0 Å². The molecule has 0 spiro atoms. The van der Waals surface area contributed by atoms with Crippen LogP contribution in [0, 0.1) is 5.82 Å². The van der Waals surface area contributed by atoms with Crippen LogP contribution in [0.2, 0.25) is 0 Å². The minimum atomic E-state index is -0.181. The third kappa shape index (κ3) is 3.62. The molecule has 6 nitrogen and oxygen atoms in total. The van der Waals surface area contributed by atoms with Gasteiger partial charge in [0.05, 0.1) is 6.54 Å². The van der Waals surface area contributed by atoms with Crippen molar-refractivity contribution in [1.82, 2.24) is 19.9 Å². The molecule has 0 radical (unpaired) electrons. The van der Waals surface area contributed by atoms with Crippen molar-refractivity contribution >= 4 is 11.9 Å². The lowest BCUT2D eigenvalue weighted by atomic mass is 10.1. The normalized spacial score (nSPS) is 15.5. The number of nitrogens with two attached hydrogens (primary N) is 1. The number of rotatable bonds is 6. The maximum absolute atomic E-state index is 14.2. The number of aromatic nitrogens is 3. The molecule has 1 aliphatic carbocycles. The Morgan fingerprint density at radius 1 is 1.21 bits per heavy atom. The Morgan fingerprint density at radius 3 is 2.54 bits per heavy atom. The molecular weight excluding hydrogens is 307 g/mol. The third-order valence-corrected chi connectivity index (χ3v) is 4.28. The first-order chi connectivity index (χ1) is 11.5. The zero-order valence-electron chi connectivity index (χ0n) is 14.3. The smallest absolute Gasteiger partial charge is 0.229 e. The fourth-order valence-corrected chi connectivity index (χ4v) is 2.84. The first-order valence-corrected chi connectivity index (χ1v) is 8.13. The van der Waals surface area contributed by atoms with E-state index >= 15 is 0 Å². The number of nitrogen functional groups attached to an aromatic ring is 1. The van der Waals surface area contributed by atoms with Gasteiger partial charge in [-0.3, -0.25) is 4.90 Å². The fourth-order valence-electron chi connectivity index (χ4n) is 2.84. The van der Waals surface area contributed by atoms with Gasteiger partial charge in [0.1, 0.15) is 11.6 Å². The summed E-state index contributed by atoms with van der Waals surface area (Å²) >= 11 is 0. The van der Waals surface area contributed by atoms with E-state index in [1.165, 1.54) is 6.07 Å². The third-order valence-electron chi connectivity index (χ3n) is 4.28. The Hall–Kier alpha value is -2.28. The minimum absolute atomic E-state index is 0.0560. The van der Waals surface area contributed by atoms with E-state index in [0.717, 1.165) is 12.8 Å². The summed E-state index contributed by atoms with van der Waals surface area (Å²) in [5, 5.41) is 0. The number of halogens is 1. The maximum atomic E-state index is 14.2. The number of hydrogen-bond acceptors (Lipinski definition) is 6. The molecule has 2 N–H and O–H groups in total. The topological polar surface area (TPSA) is 71.2 Å². The van der Waals surface area contributed by atoms with Crippen molar-refractivity contribution in [3.8, 4) is 0 Å². The van der Waals surface area contributed by atoms with E-state index in [1.54, 1.807) is 11.0 Å². The van der Waals surface area contributed by atoms with Crippen LogP contribution in [0.5, 0.6) is 0 Å². The largest absolute Gasteiger partial charge is 0.368 e.